The van der Waals surface area contributed by atoms with Crippen LogP contribution < -0.4 is 5.32 Å². The standard InChI is InChI=1S/C13H21N3O/c1-2-16(9-12-3-5-14-6-4-12)10-13-11-17-8-7-15-13/h3-6,13,15H,2,7-11H2,1H3. The molecule has 0 amide bonds. The molecule has 0 spiro atoms. The molecule has 1 aliphatic heterocycles. The van der Waals surface area contributed by atoms with E-state index in [4.69, 9.17) is 4.74 Å². The zero-order chi connectivity index (χ0) is 11.9. The number of nitrogens with one attached hydrogen (secondary N) is 1. The molecule has 4 heteroatoms. The topological polar surface area (TPSA) is 37.4 Å². The molecule has 0 radical (unpaired) electrons. The van der Waals surface area contributed by atoms with Gasteiger partial charge in [0.1, 0.15) is 0 Å². The largest absolute Gasteiger partial charge is 0.378 e. The molecule has 2 heterocycles. The zero-order valence-electron chi connectivity index (χ0n) is 10.4. The highest BCUT2D eigenvalue weighted by Crippen LogP contribution is 2.05. The first-order valence-electron chi connectivity index (χ1n) is 6.31. The van der Waals surface area contributed by atoms with Gasteiger partial charge in [-0.25, -0.2) is 0 Å². The molecule has 4 nitrogen and oxygen atoms in total. The van der Waals surface area contributed by atoms with Crippen LogP contribution in [0.1, 0.15) is 12.5 Å². The van der Waals surface area contributed by atoms with Crippen molar-refractivity contribution in [1.82, 2.24) is 15.2 Å². The number of hydrogen-bond donors (Lipinski definition) is 1. The fraction of sp³-hybridized carbons (Fsp3) is 0.615. The lowest BCUT2D eigenvalue weighted by molar-refractivity contribution is 0.0615. The highest BCUT2D eigenvalue weighted by Gasteiger charge is 2.16. The molecule has 0 saturated carbocycles. The Hall–Kier alpha value is -0.970. The first-order valence-corrected chi connectivity index (χ1v) is 6.31. The maximum absolute atomic E-state index is 5.48. The van der Waals surface area contributed by atoms with E-state index in [-0.39, 0.29) is 0 Å². The Morgan fingerprint density at radius 2 is 2.29 bits per heavy atom. The average molecular weight is 235 g/mol. The predicted molar refractivity (Wildman–Crippen MR) is 67.8 cm³/mol. The van der Waals surface area contributed by atoms with Crippen molar-refractivity contribution in [2.24, 2.45) is 0 Å². The zero-order valence-corrected chi connectivity index (χ0v) is 10.4. The van der Waals surface area contributed by atoms with Crippen LogP contribution in [-0.4, -0.2) is 48.8 Å². The molecular formula is C13H21N3O. The number of hydrogen-bond acceptors (Lipinski definition) is 4. The van der Waals surface area contributed by atoms with Crippen LogP contribution in [0, 0.1) is 0 Å². The molecule has 2 rings (SSSR count). The fourth-order valence-corrected chi connectivity index (χ4v) is 2.10. The van der Waals surface area contributed by atoms with Gasteiger partial charge in [0, 0.05) is 38.1 Å². The van der Waals surface area contributed by atoms with Gasteiger partial charge in [-0.3, -0.25) is 9.88 Å². The van der Waals surface area contributed by atoms with Crippen molar-refractivity contribution in [2.75, 3.05) is 32.8 Å². The van der Waals surface area contributed by atoms with Gasteiger partial charge in [-0.05, 0) is 24.2 Å². The third kappa shape index (κ3) is 4.07. The minimum atomic E-state index is 0.463. The first-order chi connectivity index (χ1) is 8.38. The molecule has 94 valence electrons. The Kier molecular flexibility index (Phi) is 4.91. The Balaban J connectivity index is 1.83. The number of pyridine rings is 1. The molecule has 1 fully saturated rings. The highest BCUT2D eigenvalue weighted by atomic mass is 16.5. The second kappa shape index (κ2) is 6.69. The van der Waals surface area contributed by atoms with E-state index in [1.54, 1.807) is 0 Å². The number of aromatic nitrogens is 1. The highest BCUT2D eigenvalue weighted by molar-refractivity contribution is 5.09. The Morgan fingerprint density at radius 1 is 1.47 bits per heavy atom. The van der Waals surface area contributed by atoms with E-state index in [2.05, 4.69) is 34.3 Å². The van der Waals surface area contributed by atoms with E-state index in [1.807, 2.05) is 12.4 Å². The molecule has 17 heavy (non-hydrogen) atoms. The van der Waals surface area contributed by atoms with Crippen LogP contribution in [0.3, 0.4) is 0 Å². The van der Waals surface area contributed by atoms with E-state index < -0.39 is 0 Å². The summed E-state index contributed by atoms with van der Waals surface area (Å²) in [6.45, 7) is 7.92. The molecule has 1 unspecified atom stereocenters. The smallest absolute Gasteiger partial charge is 0.0632 e. The van der Waals surface area contributed by atoms with Crippen LogP contribution in [0.15, 0.2) is 24.5 Å². The van der Waals surface area contributed by atoms with E-state index in [9.17, 15) is 0 Å². The van der Waals surface area contributed by atoms with Crippen molar-refractivity contribution in [3.63, 3.8) is 0 Å². The summed E-state index contributed by atoms with van der Waals surface area (Å²) in [7, 11) is 0. The van der Waals surface area contributed by atoms with E-state index >= 15 is 0 Å². The van der Waals surface area contributed by atoms with Gasteiger partial charge in [0.25, 0.3) is 0 Å². The summed E-state index contributed by atoms with van der Waals surface area (Å²) in [5.41, 5.74) is 1.32. The number of ether oxygens (including phenoxy) is 1. The maximum Gasteiger partial charge on any atom is 0.0632 e. The Labute approximate surface area is 103 Å². The summed E-state index contributed by atoms with van der Waals surface area (Å²) >= 11 is 0. The molecule has 1 N–H and O–H groups in total. The van der Waals surface area contributed by atoms with Crippen molar-refractivity contribution in [2.45, 2.75) is 19.5 Å². The number of nitrogens with zero attached hydrogens (tertiary/aromatic N) is 2. The molecule has 1 aromatic rings. The van der Waals surface area contributed by atoms with Crippen LogP contribution in [0.25, 0.3) is 0 Å². The Morgan fingerprint density at radius 3 is 2.94 bits per heavy atom. The quantitative estimate of drug-likeness (QED) is 0.822. The second-order valence-corrected chi connectivity index (χ2v) is 4.41. The first kappa shape index (κ1) is 12.5. The number of rotatable bonds is 5. The van der Waals surface area contributed by atoms with Gasteiger partial charge in [0.2, 0.25) is 0 Å². The molecular weight excluding hydrogens is 214 g/mol. The molecule has 0 bridgehead atoms. The second-order valence-electron chi connectivity index (χ2n) is 4.41. The minimum absolute atomic E-state index is 0.463. The minimum Gasteiger partial charge on any atom is -0.378 e. The molecule has 0 aromatic carbocycles. The SMILES string of the molecule is CCN(Cc1ccncc1)CC1COCCN1. The van der Waals surface area contributed by atoms with Crippen molar-refractivity contribution in [3.8, 4) is 0 Å². The van der Waals surface area contributed by atoms with Crippen LogP contribution in [0.4, 0.5) is 0 Å². The third-order valence-electron chi connectivity index (χ3n) is 3.08. The molecule has 1 aliphatic rings. The average Bonchev–Trinajstić information content (AvgIpc) is 2.40. The third-order valence-corrected chi connectivity index (χ3v) is 3.08. The number of likely N-dealkylation sites (N-methyl/N-ethyl adjacent to an activating group) is 1. The lowest BCUT2D eigenvalue weighted by atomic mass is 10.2. The van der Waals surface area contributed by atoms with Crippen LogP contribution in [0.5, 0.6) is 0 Å². The molecule has 1 atom stereocenters. The lowest BCUT2D eigenvalue weighted by Gasteiger charge is -2.29. The number of morpholine rings is 1. The van der Waals surface area contributed by atoms with E-state index in [0.717, 1.165) is 39.4 Å². The fourth-order valence-electron chi connectivity index (χ4n) is 2.10. The summed E-state index contributed by atoms with van der Waals surface area (Å²) in [5.74, 6) is 0. The molecule has 0 aliphatic carbocycles. The predicted octanol–water partition coefficient (Wildman–Crippen LogP) is 0.892. The summed E-state index contributed by atoms with van der Waals surface area (Å²) in [5, 5.41) is 3.49. The van der Waals surface area contributed by atoms with Crippen LogP contribution >= 0.6 is 0 Å². The molecule has 1 aromatic heterocycles. The molecule has 1 saturated heterocycles. The summed E-state index contributed by atoms with van der Waals surface area (Å²) in [4.78, 5) is 6.48. The van der Waals surface area contributed by atoms with E-state index in [0.29, 0.717) is 6.04 Å². The van der Waals surface area contributed by atoms with Crippen molar-refractivity contribution in [3.05, 3.63) is 30.1 Å². The van der Waals surface area contributed by atoms with Gasteiger partial charge >= 0.3 is 0 Å². The van der Waals surface area contributed by atoms with Crippen LogP contribution in [-0.2, 0) is 11.3 Å². The van der Waals surface area contributed by atoms with Gasteiger partial charge in [-0.2, -0.15) is 0 Å². The van der Waals surface area contributed by atoms with Crippen molar-refractivity contribution < 1.29 is 4.74 Å². The maximum atomic E-state index is 5.48. The van der Waals surface area contributed by atoms with Crippen LogP contribution in [0.2, 0.25) is 0 Å². The van der Waals surface area contributed by atoms with Gasteiger partial charge in [0.05, 0.1) is 13.2 Å². The monoisotopic (exact) mass is 235 g/mol. The lowest BCUT2D eigenvalue weighted by Crippen LogP contribution is -2.48. The summed E-state index contributed by atoms with van der Waals surface area (Å²) in [6, 6.07) is 4.62. The van der Waals surface area contributed by atoms with Gasteiger partial charge in [-0.1, -0.05) is 6.92 Å². The Bertz CT molecular complexity index is 312. The van der Waals surface area contributed by atoms with Gasteiger partial charge in [0.15, 0.2) is 0 Å². The van der Waals surface area contributed by atoms with Crippen molar-refractivity contribution >= 4 is 0 Å². The van der Waals surface area contributed by atoms with Gasteiger partial charge < -0.3 is 10.1 Å². The normalized spacial score (nSPS) is 20.7. The summed E-state index contributed by atoms with van der Waals surface area (Å²) in [6.07, 6.45) is 3.70. The van der Waals surface area contributed by atoms with Crippen molar-refractivity contribution in [1.29, 1.82) is 0 Å². The summed E-state index contributed by atoms with van der Waals surface area (Å²) < 4.78 is 5.48. The van der Waals surface area contributed by atoms with Gasteiger partial charge in [-0.15, -0.1) is 0 Å². The van der Waals surface area contributed by atoms with E-state index in [1.165, 1.54) is 5.56 Å².